The van der Waals surface area contributed by atoms with Crippen LogP contribution in [0, 0.1) is 3.57 Å². The van der Waals surface area contributed by atoms with E-state index >= 15 is 0 Å². The highest BCUT2D eigenvalue weighted by molar-refractivity contribution is 14.1. The molecule has 3 rings (SSSR count). The Hall–Kier alpha value is -1.30. The van der Waals surface area contributed by atoms with E-state index in [2.05, 4.69) is 74.2 Å². The Bertz CT molecular complexity index is 542. The fourth-order valence-electron chi connectivity index (χ4n) is 2.20. The molecule has 2 aromatic rings. The Kier molecular flexibility index (Phi) is 3.36. The van der Waals surface area contributed by atoms with Gasteiger partial charge in [-0.3, -0.25) is 0 Å². The molecule has 0 fully saturated rings. The maximum Gasteiger partial charge on any atom is 0.149 e. The molecular formula is C14H14IN3. The molecule has 0 saturated carbocycles. The lowest BCUT2D eigenvalue weighted by molar-refractivity contribution is 0.780. The lowest BCUT2D eigenvalue weighted by Gasteiger charge is -2.31. The maximum atomic E-state index is 4.45. The molecule has 0 atom stereocenters. The molecule has 1 N–H and O–H groups in total. The smallest absolute Gasteiger partial charge is 0.149 e. The first-order valence-corrected chi connectivity index (χ1v) is 7.09. The van der Waals surface area contributed by atoms with Crippen LogP contribution in [0.4, 0.5) is 11.5 Å². The van der Waals surface area contributed by atoms with Gasteiger partial charge in [0, 0.05) is 29.4 Å². The van der Waals surface area contributed by atoms with Gasteiger partial charge in [-0.15, -0.1) is 0 Å². The van der Waals surface area contributed by atoms with Gasteiger partial charge in [0.1, 0.15) is 5.82 Å². The summed E-state index contributed by atoms with van der Waals surface area (Å²) < 4.78 is 1.17. The van der Waals surface area contributed by atoms with E-state index in [1.165, 1.54) is 14.8 Å². The van der Waals surface area contributed by atoms with Crippen LogP contribution in [0.2, 0.25) is 0 Å². The number of halogens is 1. The number of fused-ring (bicyclic) bond motifs is 1. The van der Waals surface area contributed by atoms with E-state index in [4.69, 9.17) is 0 Å². The number of hydrogen-bond donors (Lipinski definition) is 1. The van der Waals surface area contributed by atoms with Gasteiger partial charge in [0.15, 0.2) is 0 Å². The van der Waals surface area contributed by atoms with E-state index in [1.807, 2.05) is 6.20 Å². The van der Waals surface area contributed by atoms with Crippen LogP contribution in [0.3, 0.4) is 0 Å². The number of anilines is 2. The van der Waals surface area contributed by atoms with Gasteiger partial charge in [-0.1, -0.05) is 30.3 Å². The van der Waals surface area contributed by atoms with Gasteiger partial charge in [0.25, 0.3) is 0 Å². The van der Waals surface area contributed by atoms with Crippen LogP contribution in [0.25, 0.3) is 0 Å². The van der Waals surface area contributed by atoms with Crippen molar-refractivity contribution in [1.29, 1.82) is 0 Å². The lowest BCUT2D eigenvalue weighted by atomic mass is 10.2. The molecule has 1 aromatic heterocycles. The Morgan fingerprint density at radius 2 is 2.11 bits per heavy atom. The van der Waals surface area contributed by atoms with Crippen molar-refractivity contribution in [1.82, 2.24) is 4.98 Å². The molecule has 18 heavy (non-hydrogen) atoms. The van der Waals surface area contributed by atoms with Crippen molar-refractivity contribution in [2.24, 2.45) is 0 Å². The van der Waals surface area contributed by atoms with Crippen LogP contribution >= 0.6 is 22.6 Å². The molecule has 0 radical (unpaired) electrons. The van der Waals surface area contributed by atoms with Crippen LogP contribution in [0.1, 0.15) is 5.56 Å². The highest BCUT2D eigenvalue weighted by atomic mass is 127. The first-order valence-electron chi connectivity index (χ1n) is 6.01. The van der Waals surface area contributed by atoms with E-state index in [0.717, 1.165) is 25.5 Å². The van der Waals surface area contributed by atoms with Gasteiger partial charge in [0.05, 0.1) is 5.69 Å². The summed E-state index contributed by atoms with van der Waals surface area (Å²) in [7, 11) is 0. The molecule has 0 spiro atoms. The minimum absolute atomic E-state index is 0.942. The second kappa shape index (κ2) is 5.14. The van der Waals surface area contributed by atoms with Crippen LogP contribution in [-0.2, 0) is 6.54 Å². The molecular weight excluding hydrogens is 337 g/mol. The normalized spacial score (nSPS) is 13.9. The van der Waals surface area contributed by atoms with E-state index in [9.17, 15) is 0 Å². The number of nitrogens with zero attached hydrogens (tertiary/aromatic N) is 2. The standard InChI is InChI=1S/C14H14IN3/c15-12-8-13-14(17-9-12)16-6-7-18(13)10-11-4-2-1-3-5-11/h1-5,8-9H,6-7,10H2,(H,16,17). The Labute approximate surface area is 120 Å². The van der Waals surface area contributed by atoms with Crippen molar-refractivity contribution < 1.29 is 0 Å². The quantitative estimate of drug-likeness (QED) is 0.843. The summed E-state index contributed by atoms with van der Waals surface area (Å²) in [6.45, 7) is 2.91. The number of nitrogens with one attached hydrogen (secondary N) is 1. The Morgan fingerprint density at radius 1 is 1.28 bits per heavy atom. The monoisotopic (exact) mass is 351 g/mol. The molecule has 0 aliphatic carbocycles. The van der Waals surface area contributed by atoms with Crippen molar-refractivity contribution >= 4 is 34.1 Å². The molecule has 0 amide bonds. The molecule has 1 aromatic carbocycles. The fraction of sp³-hybridized carbons (Fsp3) is 0.214. The van der Waals surface area contributed by atoms with Crippen LogP contribution < -0.4 is 10.2 Å². The lowest BCUT2D eigenvalue weighted by Crippen LogP contribution is -2.34. The van der Waals surface area contributed by atoms with E-state index in [1.54, 1.807) is 0 Å². The fourth-order valence-corrected chi connectivity index (χ4v) is 2.64. The van der Waals surface area contributed by atoms with Gasteiger partial charge >= 0.3 is 0 Å². The molecule has 1 aliphatic heterocycles. The highest BCUT2D eigenvalue weighted by Gasteiger charge is 2.17. The van der Waals surface area contributed by atoms with E-state index in [0.29, 0.717) is 0 Å². The molecule has 1 aliphatic rings. The first kappa shape index (κ1) is 11.8. The second-order valence-corrected chi connectivity index (χ2v) is 5.60. The van der Waals surface area contributed by atoms with E-state index in [-0.39, 0.29) is 0 Å². The molecule has 2 heterocycles. The highest BCUT2D eigenvalue weighted by Crippen LogP contribution is 2.29. The molecule has 0 unspecified atom stereocenters. The topological polar surface area (TPSA) is 28.2 Å². The van der Waals surface area contributed by atoms with Gasteiger partial charge in [-0.2, -0.15) is 0 Å². The Morgan fingerprint density at radius 3 is 2.94 bits per heavy atom. The molecule has 92 valence electrons. The summed E-state index contributed by atoms with van der Waals surface area (Å²) in [5.74, 6) is 0.998. The van der Waals surface area contributed by atoms with Crippen molar-refractivity contribution in [3.8, 4) is 0 Å². The molecule has 0 saturated heterocycles. The zero-order chi connectivity index (χ0) is 12.4. The van der Waals surface area contributed by atoms with Crippen LogP contribution in [0.5, 0.6) is 0 Å². The number of hydrogen-bond acceptors (Lipinski definition) is 3. The van der Waals surface area contributed by atoms with Crippen molar-refractivity contribution in [3.63, 3.8) is 0 Å². The maximum absolute atomic E-state index is 4.45. The minimum Gasteiger partial charge on any atom is -0.367 e. The predicted octanol–water partition coefficient (Wildman–Crippen LogP) is 3.12. The largest absolute Gasteiger partial charge is 0.367 e. The van der Waals surface area contributed by atoms with Gasteiger partial charge in [-0.25, -0.2) is 4.98 Å². The number of aromatic nitrogens is 1. The predicted molar refractivity (Wildman–Crippen MR) is 82.9 cm³/mol. The third-order valence-corrected chi connectivity index (χ3v) is 3.66. The van der Waals surface area contributed by atoms with Gasteiger partial charge in [0.2, 0.25) is 0 Å². The Balaban J connectivity index is 1.89. The third kappa shape index (κ3) is 2.43. The summed E-state index contributed by atoms with van der Waals surface area (Å²) in [5.41, 5.74) is 2.54. The van der Waals surface area contributed by atoms with Crippen molar-refractivity contribution in [2.75, 3.05) is 23.3 Å². The van der Waals surface area contributed by atoms with E-state index < -0.39 is 0 Å². The second-order valence-electron chi connectivity index (χ2n) is 4.36. The number of rotatable bonds is 2. The summed E-state index contributed by atoms with van der Waals surface area (Å²) >= 11 is 2.31. The molecule has 3 nitrogen and oxygen atoms in total. The summed E-state index contributed by atoms with van der Waals surface area (Å²) in [4.78, 5) is 6.84. The van der Waals surface area contributed by atoms with Gasteiger partial charge < -0.3 is 10.2 Å². The SMILES string of the molecule is Ic1cnc2c(c1)N(Cc1ccccc1)CCN2. The minimum atomic E-state index is 0.942. The first-order chi connectivity index (χ1) is 8.83. The van der Waals surface area contributed by atoms with Crippen molar-refractivity contribution in [3.05, 3.63) is 51.7 Å². The summed E-state index contributed by atoms with van der Waals surface area (Å²) in [6, 6.07) is 12.8. The summed E-state index contributed by atoms with van der Waals surface area (Å²) in [5, 5.41) is 3.35. The van der Waals surface area contributed by atoms with Crippen molar-refractivity contribution in [2.45, 2.75) is 6.54 Å². The zero-order valence-electron chi connectivity index (χ0n) is 9.94. The number of benzene rings is 1. The van der Waals surface area contributed by atoms with Crippen LogP contribution in [0.15, 0.2) is 42.6 Å². The average molecular weight is 351 g/mol. The van der Waals surface area contributed by atoms with Gasteiger partial charge in [-0.05, 0) is 34.2 Å². The average Bonchev–Trinajstić information content (AvgIpc) is 2.41. The third-order valence-electron chi connectivity index (χ3n) is 3.07. The van der Waals surface area contributed by atoms with Crippen LogP contribution in [-0.4, -0.2) is 18.1 Å². The molecule has 4 heteroatoms. The number of pyridine rings is 1. The summed E-state index contributed by atoms with van der Waals surface area (Å²) in [6.07, 6.45) is 1.90. The zero-order valence-corrected chi connectivity index (χ0v) is 12.1. The molecule has 0 bridgehead atoms.